The Bertz CT molecular complexity index is 503. The molecule has 0 radical (unpaired) electrons. The largest absolute Gasteiger partial charge is 0.335 e. The number of nitrogens with one attached hydrogen (secondary N) is 1. The Morgan fingerprint density at radius 3 is 2.67 bits per heavy atom. The van der Waals surface area contributed by atoms with Crippen LogP contribution < -0.4 is 5.32 Å². The Labute approximate surface area is 141 Å². The van der Waals surface area contributed by atoms with Crippen LogP contribution in [0.3, 0.4) is 0 Å². The van der Waals surface area contributed by atoms with E-state index in [1.165, 1.54) is 5.56 Å². The van der Waals surface area contributed by atoms with Crippen molar-refractivity contribution in [2.24, 2.45) is 11.8 Å². The van der Waals surface area contributed by atoms with E-state index in [9.17, 15) is 4.79 Å². The van der Waals surface area contributed by atoms with E-state index in [0.29, 0.717) is 17.9 Å². The highest BCUT2D eigenvalue weighted by atomic mass is 79.9. The smallest absolute Gasteiger partial charge is 0.226 e. The molecule has 5 heteroatoms. The summed E-state index contributed by atoms with van der Waals surface area (Å²) in [4.78, 5) is 14.8. The molecule has 1 aliphatic heterocycles. The van der Waals surface area contributed by atoms with Crippen molar-refractivity contribution in [1.82, 2.24) is 10.2 Å². The Morgan fingerprint density at radius 2 is 2.14 bits per heavy atom. The van der Waals surface area contributed by atoms with Crippen LogP contribution >= 0.6 is 28.3 Å². The maximum absolute atomic E-state index is 12.7. The first-order chi connectivity index (χ1) is 9.65. The minimum atomic E-state index is 0. The van der Waals surface area contributed by atoms with E-state index in [1.807, 2.05) is 12.1 Å². The number of rotatable bonds is 5. The number of benzene rings is 1. The van der Waals surface area contributed by atoms with E-state index in [2.05, 4.69) is 45.2 Å². The number of nitrogens with zero attached hydrogens (tertiary/aromatic N) is 1. The number of carbonyl (C=O) groups is 1. The van der Waals surface area contributed by atoms with Crippen LogP contribution in [-0.4, -0.2) is 29.9 Å². The van der Waals surface area contributed by atoms with Gasteiger partial charge in [-0.1, -0.05) is 35.0 Å². The number of hydrogen-bond acceptors (Lipinski definition) is 2. The van der Waals surface area contributed by atoms with Crippen molar-refractivity contribution >= 4 is 34.2 Å². The molecule has 3 rings (SSSR count). The molecule has 1 saturated heterocycles. The van der Waals surface area contributed by atoms with Crippen molar-refractivity contribution in [3.63, 3.8) is 0 Å². The minimum absolute atomic E-state index is 0. The van der Waals surface area contributed by atoms with Gasteiger partial charge in [-0.15, -0.1) is 12.4 Å². The van der Waals surface area contributed by atoms with Crippen molar-refractivity contribution < 1.29 is 4.79 Å². The fourth-order valence-electron chi connectivity index (χ4n) is 2.73. The molecule has 116 valence electrons. The van der Waals surface area contributed by atoms with E-state index in [1.54, 1.807) is 0 Å². The summed E-state index contributed by atoms with van der Waals surface area (Å²) in [5, 5.41) is 3.26. The zero-order valence-corrected chi connectivity index (χ0v) is 14.6. The standard InChI is InChI=1S/C16H21BrN2O.ClH/c1-11(13-8-18-9-13)16(20)19(15-5-6-15)10-12-3-2-4-14(17)7-12;/h2-4,7,11,13,15,18H,5-6,8-10H2,1H3;1H. The van der Waals surface area contributed by atoms with Gasteiger partial charge in [0, 0.05) is 23.0 Å². The molecule has 1 heterocycles. The van der Waals surface area contributed by atoms with Gasteiger partial charge in [-0.2, -0.15) is 0 Å². The lowest BCUT2D eigenvalue weighted by atomic mass is 9.88. The summed E-state index contributed by atoms with van der Waals surface area (Å²) < 4.78 is 1.08. The monoisotopic (exact) mass is 372 g/mol. The molecule has 0 bridgehead atoms. The van der Waals surface area contributed by atoms with Gasteiger partial charge in [0.15, 0.2) is 0 Å². The molecule has 1 saturated carbocycles. The second kappa shape index (κ2) is 7.12. The molecule has 2 aliphatic rings. The lowest BCUT2D eigenvalue weighted by molar-refractivity contribution is -0.138. The highest BCUT2D eigenvalue weighted by Crippen LogP contribution is 2.31. The SMILES string of the molecule is CC(C(=O)N(Cc1cccc(Br)c1)C1CC1)C1CNC1.Cl. The molecule has 1 amide bonds. The molecular weight excluding hydrogens is 352 g/mol. The fourth-order valence-corrected chi connectivity index (χ4v) is 3.18. The van der Waals surface area contributed by atoms with Crippen LogP contribution in [0.15, 0.2) is 28.7 Å². The highest BCUT2D eigenvalue weighted by molar-refractivity contribution is 9.10. The third-order valence-corrected chi connectivity index (χ3v) is 4.92. The number of amides is 1. The molecule has 21 heavy (non-hydrogen) atoms. The highest BCUT2D eigenvalue weighted by Gasteiger charge is 2.38. The van der Waals surface area contributed by atoms with E-state index in [-0.39, 0.29) is 18.3 Å². The molecule has 1 atom stereocenters. The van der Waals surface area contributed by atoms with Gasteiger partial charge in [0.05, 0.1) is 0 Å². The van der Waals surface area contributed by atoms with Gasteiger partial charge >= 0.3 is 0 Å². The molecule has 0 spiro atoms. The number of hydrogen-bond donors (Lipinski definition) is 1. The van der Waals surface area contributed by atoms with Crippen molar-refractivity contribution in [3.8, 4) is 0 Å². The summed E-state index contributed by atoms with van der Waals surface area (Å²) in [6.45, 7) is 4.81. The average Bonchev–Trinajstić information content (AvgIpc) is 3.17. The lowest BCUT2D eigenvalue weighted by Crippen LogP contribution is -2.50. The van der Waals surface area contributed by atoms with E-state index < -0.39 is 0 Å². The van der Waals surface area contributed by atoms with Gasteiger partial charge in [0.25, 0.3) is 0 Å². The Morgan fingerprint density at radius 1 is 1.43 bits per heavy atom. The summed E-state index contributed by atoms with van der Waals surface area (Å²) >= 11 is 3.50. The fraction of sp³-hybridized carbons (Fsp3) is 0.562. The summed E-state index contributed by atoms with van der Waals surface area (Å²) in [6, 6.07) is 8.74. The number of halogens is 2. The molecule has 1 aliphatic carbocycles. The first kappa shape index (κ1) is 16.8. The van der Waals surface area contributed by atoms with Crippen molar-refractivity contribution in [2.45, 2.75) is 32.4 Å². The average molecular weight is 374 g/mol. The van der Waals surface area contributed by atoms with E-state index >= 15 is 0 Å². The third-order valence-electron chi connectivity index (χ3n) is 4.42. The quantitative estimate of drug-likeness (QED) is 0.859. The predicted molar refractivity (Wildman–Crippen MR) is 90.5 cm³/mol. The van der Waals surface area contributed by atoms with Crippen LogP contribution in [0.1, 0.15) is 25.3 Å². The summed E-state index contributed by atoms with van der Waals surface area (Å²) in [6.07, 6.45) is 2.32. The molecule has 1 N–H and O–H groups in total. The predicted octanol–water partition coefficient (Wildman–Crippen LogP) is 3.22. The first-order valence-corrected chi connectivity index (χ1v) is 8.20. The topological polar surface area (TPSA) is 32.3 Å². The Balaban J connectivity index is 0.00000161. The molecule has 1 aromatic carbocycles. The van der Waals surface area contributed by atoms with E-state index in [4.69, 9.17) is 0 Å². The normalized spacial score (nSPS) is 19.3. The summed E-state index contributed by atoms with van der Waals surface area (Å²) in [5.74, 6) is 0.995. The van der Waals surface area contributed by atoms with Crippen LogP contribution in [0, 0.1) is 11.8 Å². The van der Waals surface area contributed by atoms with Gasteiger partial charge in [0.2, 0.25) is 5.91 Å². The van der Waals surface area contributed by atoms with Crippen molar-refractivity contribution in [1.29, 1.82) is 0 Å². The van der Waals surface area contributed by atoms with Crippen molar-refractivity contribution in [2.75, 3.05) is 13.1 Å². The first-order valence-electron chi connectivity index (χ1n) is 7.41. The van der Waals surface area contributed by atoms with Gasteiger partial charge < -0.3 is 10.2 Å². The minimum Gasteiger partial charge on any atom is -0.335 e. The second-order valence-corrected chi connectivity index (χ2v) is 6.95. The maximum atomic E-state index is 12.7. The van der Waals surface area contributed by atoms with Crippen LogP contribution in [0.4, 0.5) is 0 Å². The van der Waals surface area contributed by atoms with Crippen LogP contribution in [0.2, 0.25) is 0 Å². The van der Waals surface area contributed by atoms with Gasteiger partial charge in [0.1, 0.15) is 0 Å². The van der Waals surface area contributed by atoms with E-state index in [0.717, 1.165) is 36.9 Å². The van der Waals surface area contributed by atoms with Gasteiger partial charge in [-0.05, 0) is 49.5 Å². The zero-order valence-electron chi connectivity index (χ0n) is 12.2. The summed E-state index contributed by atoms with van der Waals surface area (Å²) in [5.41, 5.74) is 1.21. The molecule has 0 aromatic heterocycles. The summed E-state index contributed by atoms with van der Waals surface area (Å²) in [7, 11) is 0. The number of carbonyl (C=O) groups excluding carboxylic acids is 1. The molecule has 1 unspecified atom stereocenters. The lowest BCUT2D eigenvalue weighted by Gasteiger charge is -2.35. The second-order valence-electron chi connectivity index (χ2n) is 6.03. The molecule has 3 nitrogen and oxygen atoms in total. The Hall–Kier alpha value is -0.580. The van der Waals surface area contributed by atoms with Crippen LogP contribution in [0.25, 0.3) is 0 Å². The molecule has 1 aromatic rings. The Kier molecular flexibility index (Phi) is 5.69. The zero-order chi connectivity index (χ0) is 14.1. The van der Waals surface area contributed by atoms with Gasteiger partial charge in [-0.3, -0.25) is 4.79 Å². The van der Waals surface area contributed by atoms with Gasteiger partial charge in [-0.25, -0.2) is 0 Å². The third kappa shape index (κ3) is 3.99. The molecular formula is C16H22BrClN2O. The van der Waals surface area contributed by atoms with Crippen molar-refractivity contribution in [3.05, 3.63) is 34.3 Å². The van der Waals surface area contributed by atoms with Crippen LogP contribution in [-0.2, 0) is 11.3 Å². The maximum Gasteiger partial charge on any atom is 0.226 e. The molecule has 2 fully saturated rings. The van der Waals surface area contributed by atoms with Crippen LogP contribution in [0.5, 0.6) is 0 Å².